The molecule has 0 aromatic heterocycles. The summed E-state index contributed by atoms with van der Waals surface area (Å²) in [6.07, 6.45) is 0. The van der Waals surface area contributed by atoms with Gasteiger partial charge in [0.1, 0.15) is 5.82 Å². The molecule has 1 amide bonds. The molecule has 76 valence electrons. The van der Waals surface area contributed by atoms with Crippen molar-refractivity contribution in [2.75, 3.05) is 11.9 Å². The maximum absolute atomic E-state index is 12.8. The van der Waals surface area contributed by atoms with Crippen LogP contribution in [0.15, 0.2) is 22.7 Å². The molecule has 0 aliphatic carbocycles. The Labute approximate surface area is 88.8 Å². The van der Waals surface area contributed by atoms with Gasteiger partial charge in [-0.1, -0.05) is 0 Å². The Kier molecular flexibility index (Phi) is 3.84. The van der Waals surface area contributed by atoms with E-state index < -0.39 is 0 Å². The minimum atomic E-state index is -0.348. The van der Waals surface area contributed by atoms with Crippen LogP contribution < -0.4 is 16.6 Å². The molecule has 0 spiro atoms. The standard InChI is InChI=1S/C8H9BrFN3O/c9-6-3-5(1-2-7(6)10)12-4-8(14)13-11/h1-3,12H,4,11H2,(H,13,14). The Morgan fingerprint density at radius 3 is 2.86 bits per heavy atom. The molecule has 14 heavy (non-hydrogen) atoms. The number of benzene rings is 1. The van der Waals surface area contributed by atoms with Gasteiger partial charge in [-0.05, 0) is 34.1 Å². The highest BCUT2D eigenvalue weighted by Gasteiger charge is 2.01. The molecule has 0 saturated carbocycles. The van der Waals surface area contributed by atoms with Crippen LogP contribution in [0.2, 0.25) is 0 Å². The molecule has 0 aliphatic heterocycles. The van der Waals surface area contributed by atoms with Gasteiger partial charge in [0.05, 0.1) is 11.0 Å². The number of hydrogen-bond donors (Lipinski definition) is 3. The maximum Gasteiger partial charge on any atom is 0.253 e. The van der Waals surface area contributed by atoms with Gasteiger partial charge in [-0.15, -0.1) is 0 Å². The normalized spacial score (nSPS) is 9.64. The van der Waals surface area contributed by atoms with Gasteiger partial charge >= 0.3 is 0 Å². The van der Waals surface area contributed by atoms with E-state index in [0.717, 1.165) is 0 Å². The smallest absolute Gasteiger partial charge is 0.253 e. The first-order valence-corrected chi connectivity index (χ1v) is 4.61. The molecule has 0 aliphatic rings. The van der Waals surface area contributed by atoms with Crippen molar-refractivity contribution in [2.45, 2.75) is 0 Å². The van der Waals surface area contributed by atoms with E-state index in [-0.39, 0.29) is 18.3 Å². The molecule has 4 nitrogen and oxygen atoms in total. The second kappa shape index (κ2) is 4.92. The summed E-state index contributed by atoms with van der Waals surface area (Å²) in [6, 6.07) is 4.37. The zero-order chi connectivity index (χ0) is 10.6. The number of carbonyl (C=O) groups excluding carboxylic acids is 1. The summed E-state index contributed by atoms with van der Waals surface area (Å²) in [6.45, 7) is 0.0502. The van der Waals surface area contributed by atoms with E-state index in [9.17, 15) is 9.18 Å². The van der Waals surface area contributed by atoms with Crippen LogP contribution in [0.4, 0.5) is 10.1 Å². The molecule has 1 aromatic rings. The van der Waals surface area contributed by atoms with Crippen LogP contribution in [-0.4, -0.2) is 12.5 Å². The SMILES string of the molecule is NNC(=O)CNc1ccc(F)c(Br)c1. The molecule has 0 bridgehead atoms. The minimum absolute atomic E-state index is 0.0502. The predicted molar refractivity (Wildman–Crippen MR) is 54.9 cm³/mol. The molecular weight excluding hydrogens is 253 g/mol. The second-order valence-electron chi connectivity index (χ2n) is 2.55. The maximum atomic E-state index is 12.8. The lowest BCUT2D eigenvalue weighted by Crippen LogP contribution is -2.35. The number of nitrogens with two attached hydrogens (primary N) is 1. The van der Waals surface area contributed by atoms with Crippen molar-refractivity contribution in [3.63, 3.8) is 0 Å². The molecule has 0 heterocycles. The van der Waals surface area contributed by atoms with Crippen LogP contribution >= 0.6 is 15.9 Å². The van der Waals surface area contributed by atoms with Crippen LogP contribution in [0.3, 0.4) is 0 Å². The van der Waals surface area contributed by atoms with Crippen molar-refractivity contribution < 1.29 is 9.18 Å². The third-order valence-electron chi connectivity index (χ3n) is 1.53. The van der Waals surface area contributed by atoms with E-state index >= 15 is 0 Å². The minimum Gasteiger partial charge on any atom is -0.376 e. The number of hydrogen-bond acceptors (Lipinski definition) is 3. The summed E-state index contributed by atoms with van der Waals surface area (Å²) in [5.41, 5.74) is 2.61. The third-order valence-corrected chi connectivity index (χ3v) is 2.14. The highest BCUT2D eigenvalue weighted by molar-refractivity contribution is 9.10. The molecule has 0 atom stereocenters. The molecule has 0 radical (unpaired) electrons. The third kappa shape index (κ3) is 2.97. The van der Waals surface area contributed by atoms with Crippen molar-refractivity contribution in [1.82, 2.24) is 5.43 Å². The lowest BCUT2D eigenvalue weighted by molar-refractivity contribution is -0.119. The number of amides is 1. The van der Waals surface area contributed by atoms with Crippen molar-refractivity contribution >= 4 is 27.5 Å². The van der Waals surface area contributed by atoms with Crippen LogP contribution in [0.1, 0.15) is 0 Å². The van der Waals surface area contributed by atoms with Gasteiger partial charge in [0, 0.05) is 5.69 Å². The van der Waals surface area contributed by atoms with Gasteiger partial charge in [-0.2, -0.15) is 0 Å². The lowest BCUT2D eigenvalue weighted by Gasteiger charge is -2.05. The topological polar surface area (TPSA) is 67.1 Å². The van der Waals surface area contributed by atoms with Gasteiger partial charge in [0.2, 0.25) is 0 Å². The number of nitrogens with one attached hydrogen (secondary N) is 2. The van der Waals surface area contributed by atoms with Gasteiger partial charge in [0.25, 0.3) is 5.91 Å². The van der Waals surface area contributed by atoms with Crippen LogP contribution in [0.25, 0.3) is 0 Å². The van der Waals surface area contributed by atoms with Gasteiger partial charge in [-0.25, -0.2) is 10.2 Å². The first-order chi connectivity index (χ1) is 6.63. The molecule has 6 heteroatoms. The largest absolute Gasteiger partial charge is 0.376 e. The first kappa shape index (κ1) is 10.9. The van der Waals surface area contributed by atoms with Crippen LogP contribution in [-0.2, 0) is 4.79 Å². The average molecular weight is 262 g/mol. The summed E-state index contributed by atoms with van der Waals surface area (Å²) >= 11 is 3.03. The summed E-state index contributed by atoms with van der Waals surface area (Å²) in [4.78, 5) is 10.8. The highest BCUT2D eigenvalue weighted by atomic mass is 79.9. The van der Waals surface area contributed by atoms with Gasteiger partial charge in [0.15, 0.2) is 0 Å². The number of hydrazine groups is 1. The van der Waals surface area contributed by atoms with E-state index in [1.807, 2.05) is 5.43 Å². The van der Waals surface area contributed by atoms with Crippen molar-refractivity contribution in [2.24, 2.45) is 5.84 Å². The van der Waals surface area contributed by atoms with E-state index in [4.69, 9.17) is 5.84 Å². The number of anilines is 1. The average Bonchev–Trinajstić information content (AvgIpc) is 2.19. The van der Waals surface area contributed by atoms with Crippen molar-refractivity contribution in [1.29, 1.82) is 0 Å². The lowest BCUT2D eigenvalue weighted by atomic mass is 10.3. The molecular formula is C8H9BrFN3O. The summed E-state index contributed by atoms with van der Waals surface area (Å²) in [5, 5.41) is 2.77. The van der Waals surface area contributed by atoms with E-state index in [1.165, 1.54) is 12.1 Å². The van der Waals surface area contributed by atoms with E-state index in [2.05, 4.69) is 21.2 Å². The molecule has 0 saturated heterocycles. The molecule has 1 rings (SSSR count). The van der Waals surface area contributed by atoms with E-state index in [1.54, 1.807) is 6.07 Å². The molecule has 4 N–H and O–H groups in total. The quantitative estimate of drug-likeness (QED) is 0.432. The van der Waals surface area contributed by atoms with Gasteiger partial charge < -0.3 is 5.32 Å². The molecule has 0 unspecified atom stereocenters. The first-order valence-electron chi connectivity index (χ1n) is 3.82. The molecule has 1 aromatic carbocycles. The predicted octanol–water partition coefficient (Wildman–Crippen LogP) is 0.990. The van der Waals surface area contributed by atoms with E-state index in [0.29, 0.717) is 10.2 Å². The zero-order valence-corrected chi connectivity index (χ0v) is 8.77. The Bertz CT molecular complexity index is 345. The number of rotatable bonds is 3. The Morgan fingerprint density at radius 2 is 2.29 bits per heavy atom. The Balaban J connectivity index is 2.60. The fourth-order valence-corrected chi connectivity index (χ4v) is 1.22. The fraction of sp³-hybridized carbons (Fsp3) is 0.125. The van der Waals surface area contributed by atoms with Crippen LogP contribution in [0.5, 0.6) is 0 Å². The number of halogens is 2. The second-order valence-corrected chi connectivity index (χ2v) is 3.40. The highest BCUT2D eigenvalue weighted by Crippen LogP contribution is 2.19. The zero-order valence-electron chi connectivity index (χ0n) is 7.18. The number of carbonyl (C=O) groups is 1. The summed E-state index contributed by atoms with van der Waals surface area (Å²) in [7, 11) is 0. The van der Waals surface area contributed by atoms with Gasteiger partial charge in [-0.3, -0.25) is 10.2 Å². The van der Waals surface area contributed by atoms with Crippen LogP contribution in [0, 0.1) is 5.82 Å². The Hall–Kier alpha value is -1.14. The van der Waals surface area contributed by atoms with Crippen molar-refractivity contribution in [3.05, 3.63) is 28.5 Å². The summed E-state index contributed by atoms with van der Waals surface area (Å²) < 4.78 is 13.1. The summed E-state index contributed by atoms with van der Waals surface area (Å²) in [5.74, 6) is 4.19. The monoisotopic (exact) mass is 261 g/mol. The van der Waals surface area contributed by atoms with Crippen molar-refractivity contribution in [3.8, 4) is 0 Å². The fourth-order valence-electron chi connectivity index (χ4n) is 0.839. The Morgan fingerprint density at radius 1 is 1.57 bits per heavy atom. The molecule has 0 fully saturated rings.